The van der Waals surface area contributed by atoms with E-state index in [1.807, 2.05) is 6.92 Å². The van der Waals surface area contributed by atoms with Crippen molar-refractivity contribution in [1.82, 2.24) is 20.4 Å². The van der Waals surface area contributed by atoms with Crippen molar-refractivity contribution < 1.29 is 28.0 Å². The molecule has 2 aromatic heterocycles. The van der Waals surface area contributed by atoms with Crippen LogP contribution >= 0.6 is 0 Å². The Morgan fingerprint density at radius 1 is 1.24 bits per heavy atom. The van der Waals surface area contributed by atoms with Crippen LogP contribution in [0.25, 0.3) is 22.4 Å². The summed E-state index contributed by atoms with van der Waals surface area (Å²) in [4.78, 5) is 48.6. The van der Waals surface area contributed by atoms with Crippen molar-refractivity contribution >= 4 is 34.3 Å². The average Bonchev–Trinajstić information content (AvgIpc) is 3.21. The lowest BCUT2D eigenvalue weighted by atomic mass is 9.63. The second-order valence-electron chi connectivity index (χ2n) is 9.07. The van der Waals surface area contributed by atoms with Crippen LogP contribution in [-0.4, -0.2) is 57.5 Å². The number of ketones is 1. The zero-order chi connectivity index (χ0) is 23.8. The normalized spacial score (nSPS) is 28.7. The number of rotatable bonds is 1. The molecule has 2 saturated heterocycles. The molecule has 1 aromatic carbocycles. The molecule has 10 nitrogen and oxygen atoms in total. The van der Waals surface area contributed by atoms with E-state index in [-0.39, 0.29) is 30.3 Å². The molecule has 0 bridgehead atoms. The second-order valence-corrected chi connectivity index (χ2v) is 9.07. The molecule has 11 heteroatoms. The first kappa shape index (κ1) is 20.8. The Bertz CT molecular complexity index is 1350. The monoisotopic (exact) mass is 465 g/mol. The highest BCUT2D eigenvalue weighted by atomic mass is 19.1. The highest BCUT2D eigenvalue weighted by molar-refractivity contribution is 6.22. The van der Waals surface area contributed by atoms with Gasteiger partial charge in [0, 0.05) is 18.9 Å². The van der Waals surface area contributed by atoms with Gasteiger partial charge in [-0.25, -0.2) is 4.39 Å². The maximum atomic E-state index is 16.0. The van der Waals surface area contributed by atoms with Crippen LogP contribution in [0.2, 0.25) is 0 Å². The molecule has 2 fully saturated rings. The average molecular weight is 465 g/mol. The number of carbonyl (C=O) groups excluding carboxylic acids is 3. The van der Waals surface area contributed by atoms with Gasteiger partial charge in [0.15, 0.2) is 11.6 Å². The molecule has 3 aliphatic rings. The van der Waals surface area contributed by atoms with E-state index in [1.54, 1.807) is 17.9 Å². The Balaban J connectivity index is 1.61. The number of Topliss-reactive ketones (excluding diaryl/α,β-unsaturated/α-hetero) is 1. The van der Waals surface area contributed by atoms with Crippen LogP contribution in [0.5, 0.6) is 0 Å². The summed E-state index contributed by atoms with van der Waals surface area (Å²) in [6.07, 6.45) is 3.13. The minimum absolute atomic E-state index is 0.0458. The van der Waals surface area contributed by atoms with Gasteiger partial charge in [-0.1, -0.05) is 5.16 Å². The number of nitrogens with zero attached hydrogens (tertiary/aromatic N) is 4. The van der Waals surface area contributed by atoms with Crippen LogP contribution in [0.1, 0.15) is 25.8 Å². The van der Waals surface area contributed by atoms with Gasteiger partial charge in [0.2, 0.25) is 17.4 Å². The van der Waals surface area contributed by atoms with Gasteiger partial charge in [0.25, 0.3) is 0 Å². The van der Waals surface area contributed by atoms with Gasteiger partial charge in [-0.05, 0) is 31.9 Å². The summed E-state index contributed by atoms with van der Waals surface area (Å²) in [5.74, 6) is -2.44. The Morgan fingerprint density at radius 2 is 2.06 bits per heavy atom. The van der Waals surface area contributed by atoms with Crippen molar-refractivity contribution in [2.75, 3.05) is 11.4 Å². The van der Waals surface area contributed by atoms with Gasteiger partial charge in [-0.15, -0.1) is 0 Å². The number of amides is 2. The Kier molecular flexibility index (Phi) is 4.37. The number of hydrogen-bond donors (Lipinski definition) is 1. The lowest BCUT2D eigenvalue weighted by Gasteiger charge is -2.55. The van der Waals surface area contributed by atoms with Crippen molar-refractivity contribution in [2.45, 2.75) is 44.9 Å². The molecule has 6 rings (SSSR count). The van der Waals surface area contributed by atoms with Crippen LogP contribution in [0, 0.1) is 11.2 Å². The largest absolute Gasteiger partial charge is 0.372 e. The first-order valence-corrected chi connectivity index (χ1v) is 11.0. The second kappa shape index (κ2) is 7.13. The van der Waals surface area contributed by atoms with Crippen LogP contribution in [0.4, 0.5) is 10.1 Å². The van der Waals surface area contributed by atoms with Gasteiger partial charge in [0.05, 0.1) is 41.9 Å². The number of aromatic nitrogens is 3. The Hall–Kier alpha value is -3.73. The molecule has 0 aliphatic carbocycles. The number of anilines is 1. The van der Waals surface area contributed by atoms with Crippen LogP contribution in [0.3, 0.4) is 0 Å². The van der Waals surface area contributed by atoms with E-state index in [0.29, 0.717) is 22.3 Å². The first-order valence-electron chi connectivity index (χ1n) is 11.0. The quantitative estimate of drug-likeness (QED) is 0.421. The summed E-state index contributed by atoms with van der Waals surface area (Å²) in [7, 11) is 0. The fraction of sp³-hybridized carbons (Fsp3) is 0.391. The number of fused-ring (bicyclic) bond motifs is 5. The molecule has 3 aromatic rings. The number of ether oxygens (including phenoxy) is 1. The standard InChI is InChI=1S/C23H20FN5O5/c1-10-9-29-19-12(5-13-18(14-8-25-3-4-26-14)28-34-20(13)17(19)24)7-23(21(29)11(2)33-10)15(30)6-16(31)27-22(23)32/h3-5,8,10-11,21H,6-7,9H2,1-2H3,(H,27,31,32)/t10-,11-,21+,23?/m1/s1. The number of morpholine rings is 1. The van der Waals surface area contributed by atoms with Crippen molar-refractivity contribution in [1.29, 1.82) is 0 Å². The minimum atomic E-state index is -1.59. The lowest BCUT2D eigenvalue weighted by molar-refractivity contribution is -0.158. The SMILES string of the molecule is C[C@@H]1CN2c3c(cc4c(-c5cnccn5)noc4c3F)CC3(C(=O)CC(=O)NC3=O)[C@@H]2[C@@H](C)O1. The summed E-state index contributed by atoms with van der Waals surface area (Å²) < 4.78 is 27.4. The molecule has 4 atom stereocenters. The number of carbonyl (C=O) groups is 3. The molecule has 174 valence electrons. The highest BCUT2D eigenvalue weighted by Crippen LogP contribution is 2.50. The maximum Gasteiger partial charge on any atom is 0.242 e. The molecular weight excluding hydrogens is 445 g/mol. The van der Waals surface area contributed by atoms with E-state index in [2.05, 4.69) is 20.4 Å². The van der Waals surface area contributed by atoms with E-state index in [9.17, 15) is 14.4 Å². The van der Waals surface area contributed by atoms with Crippen LogP contribution < -0.4 is 10.2 Å². The van der Waals surface area contributed by atoms with Crippen LogP contribution in [-0.2, 0) is 25.5 Å². The summed E-state index contributed by atoms with van der Waals surface area (Å²) >= 11 is 0. The van der Waals surface area contributed by atoms with E-state index >= 15 is 4.39 Å². The number of benzene rings is 1. The lowest BCUT2D eigenvalue weighted by Crippen LogP contribution is -2.72. The number of imide groups is 1. The van der Waals surface area contributed by atoms with Crippen LogP contribution in [0.15, 0.2) is 29.2 Å². The number of halogens is 1. The third kappa shape index (κ3) is 2.70. The smallest absolute Gasteiger partial charge is 0.242 e. The fourth-order valence-corrected chi connectivity index (χ4v) is 5.75. The fourth-order valence-electron chi connectivity index (χ4n) is 5.75. The molecule has 34 heavy (non-hydrogen) atoms. The molecule has 1 spiro atoms. The van der Waals surface area contributed by atoms with Crippen molar-refractivity contribution in [3.8, 4) is 11.4 Å². The number of nitrogens with one attached hydrogen (secondary N) is 1. The summed E-state index contributed by atoms with van der Waals surface area (Å²) in [6, 6.07) is 0.903. The number of hydrogen-bond acceptors (Lipinski definition) is 9. The Morgan fingerprint density at radius 3 is 2.79 bits per heavy atom. The van der Waals surface area contributed by atoms with E-state index < -0.39 is 47.4 Å². The molecule has 3 aliphatic heterocycles. The zero-order valence-electron chi connectivity index (χ0n) is 18.4. The summed E-state index contributed by atoms with van der Waals surface area (Å²) in [5, 5.41) is 6.71. The van der Waals surface area contributed by atoms with Gasteiger partial charge < -0.3 is 14.2 Å². The van der Waals surface area contributed by atoms with Gasteiger partial charge in [-0.3, -0.25) is 29.7 Å². The molecule has 1 unspecified atom stereocenters. The van der Waals surface area contributed by atoms with Crippen molar-refractivity contribution in [3.05, 3.63) is 36.0 Å². The van der Waals surface area contributed by atoms with E-state index in [4.69, 9.17) is 9.26 Å². The molecular formula is C23H20FN5O5. The molecule has 2 amide bonds. The minimum Gasteiger partial charge on any atom is -0.372 e. The predicted molar refractivity (Wildman–Crippen MR) is 115 cm³/mol. The number of piperidine rings is 1. The highest BCUT2D eigenvalue weighted by Gasteiger charge is 2.62. The van der Waals surface area contributed by atoms with Crippen molar-refractivity contribution in [3.63, 3.8) is 0 Å². The molecule has 0 radical (unpaired) electrons. The summed E-state index contributed by atoms with van der Waals surface area (Å²) in [6.45, 7) is 3.86. The van der Waals surface area contributed by atoms with E-state index in [1.165, 1.54) is 18.6 Å². The third-order valence-electron chi connectivity index (χ3n) is 6.98. The zero-order valence-corrected chi connectivity index (χ0v) is 18.4. The molecule has 1 N–H and O–H groups in total. The molecule has 0 saturated carbocycles. The van der Waals surface area contributed by atoms with Gasteiger partial charge >= 0.3 is 0 Å². The first-order chi connectivity index (χ1) is 16.3. The van der Waals surface area contributed by atoms with Gasteiger partial charge in [-0.2, -0.15) is 0 Å². The third-order valence-corrected chi connectivity index (χ3v) is 6.98. The Labute approximate surface area is 192 Å². The topological polar surface area (TPSA) is 128 Å². The van der Waals surface area contributed by atoms with Crippen molar-refractivity contribution in [2.24, 2.45) is 5.41 Å². The van der Waals surface area contributed by atoms with E-state index in [0.717, 1.165) is 0 Å². The predicted octanol–water partition coefficient (Wildman–Crippen LogP) is 1.56. The summed E-state index contributed by atoms with van der Waals surface area (Å²) in [5.41, 5.74) is -0.229. The molecule has 5 heterocycles. The van der Waals surface area contributed by atoms with Gasteiger partial charge in [0.1, 0.15) is 16.8 Å². The maximum absolute atomic E-state index is 16.0.